The van der Waals surface area contributed by atoms with Crippen molar-refractivity contribution < 1.29 is 18.0 Å². The van der Waals surface area contributed by atoms with Crippen LogP contribution >= 0.6 is 11.8 Å². The Morgan fingerprint density at radius 3 is 2.29 bits per heavy atom. The van der Waals surface area contributed by atoms with Gasteiger partial charge < -0.3 is 0 Å². The molecular weight excluding hydrogens is 253 g/mol. The average Bonchev–Trinajstić information content (AvgIpc) is 2.25. The maximum absolute atomic E-state index is 12.0. The second kappa shape index (κ2) is 5.53. The zero-order chi connectivity index (χ0) is 12.9. The summed E-state index contributed by atoms with van der Waals surface area (Å²) in [5.74, 6) is 0. The van der Waals surface area contributed by atoms with Gasteiger partial charge in [0.05, 0.1) is 6.07 Å². The molecule has 0 radical (unpaired) electrons. The molecule has 17 heavy (non-hydrogen) atoms. The molecule has 3 nitrogen and oxygen atoms in total. The van der Waals surface area contributed by atoms with Crippen molar-refractivity contribution in [3.63, 3.8) is 0 Å². The molecule has 7 heteroatoms. The van der Waals surface area contributed by atoms with Crippen molar-refractivity contribution in [1.82, 2.24) is 0 Å². The molecule has 1 atom stereocenters. The van der Waals surface area contributed by atoms with Crippen LogP contribution in [0.3, 0.4) is 0 Å². The minimum Gasteiger partial charge on any atom is -0.211 e. The number of nitrogens with zero attached hydrogens (tertiary/aromatic N) is 2. The zero-order valence-corrected chi connectivity index (χ0v) is 9.05. The summed E-state index contributed by atoms with van der Waals surface area (Å²) in [5, 5.41) is 8.66. The van der Waals surface area contributed by atoms with Crippen molar-refractivity contribution >= 4 is 17.8 Å². The fourth-order valence-electron chi connectivity index (χ4n) is 1.08. The quantitative estimate of drug-likeness (QED) is 0.475. The Morgan fingerprint density at radius 1 is 1.29 bits per heavy atom. The molecule has 0 heterocycles. The third-order valence-electron chi connectivity index (χ3n) is 1.73. The molecule has 0 amide bonds. The first-order valence-corrected chi connectivity index (χ1v) is 5.10. The number of hydrogen-bond acceptors (Lipinski definition) is 4. The fraction of sp³-hybridized carbons (Fsp3) is 0.200. The summed E-state index contributed by atoms with van der Waals surface area (Å²) in [6, 6.07) is 5.78. The summed E-state index contributed by atoms with van der Waals surface area (Å²) < 4.78 is 36.1. The highest BCUT2D eigenvalue weighted by atomic mass is 32.2. The van der Waals surface area contributed by atoms with Crippen LogP contribution in [0.4, 0.5) is 13.2 Å². The van der Waals surface area contributed by atoms with Crippen molar-refractivity contribution in [1.29, 1.82) is 5.26 Å². The minimum absolute atomic E-state index is 0.00743. The van der Waals surface area contributed by atoms with Gasteiger partial charge in [0.15, 0.2) is 6.04 Å². The smallest absolute Gasteiger partial charge is 0.211 e. The highest BCUT2D eigenvalue weighted by molar-refractivity contribution is 8.00. The molecule has 0 N–H and O–H groups in total. The second-order valence-corrected chi connectivity index (χ2v) is 4.01. The Balaban J connectivity index is 2.88. The SMILES string of the molecule is N#CC(N=C=O)c1ccc(SC(F)(F)F)cc1. The number of aliphatic imine (C=N–C) groups is 1. The molecule has 0 aliphatic heterocycles. The third kappa shape index (κ3) is 4.31. The first-order valence-electron chi connectivity index (χ1n) is 4.28. The Hall–Kier alpha value is -1.77. The number of alkyl halides is 3. The second-order valence-electron chi connectivity index (χ2n) is 2.87. The van der Waals surface area contributed by atoms with E-state index in [-0.39, 0.29) is 16.7 Å². The van der Waals surface area contributed by atoms with Crippen molar-refractivity contribution in [2.24, 2.45) is 4.99 Å². The standard InChI is InChI=1S/C10H5F3N2OS/c11-10(12,13)17-8-3-1-7(2-4-8)9(5-14)15-6-16/h1-4,9H. The van der Waals surface area contributed by atoms with E-state index in [1.165, 1.54) is 30.3 Å². The molecule has 0 aromatic heterocycles. The maximum Gasteiger partial charge on any atom is 0.446 e. The lowest BCUT2D eigenvalue weighted by molar-refractivity contribution is -0.0328. The van der Waals surface area contributed by atoms with Crippen LogP contribution in [-0.2, 0) is 4.79 Å². The van der Waals surface area contributed by atoms with Crippen LogP contribution in [0.15, 0.2) is 34.2 Å². The van der Waals surface area contributed by atoms with Gasteiger partial charge in [0.2, 0.25) is 6.08 Å². The van der Waals surface area contributed by atoms with Gasteiger partial charge in [0, 0.05) is 4.90 Å². The summed E-state index contributed by atoms with van der Waals surface area (Å²) in [6.45, 7) is 0. The lowest BCUT2D eigenvalue weighted by atomic mass is 10.1. The van der Waals surface area contributed by atoms with Crippen LogP contribution in [0.2, 0.25) is 0 Å². The first kappa shape index (κ1) is 13.3. The van der Waals surface area contributed by atoms with Crippen molar-refractivity contribution in [2.75, 3.05) is 0 Å². The molecule has 0 saturated carbocycles. The zero-order valence-electron chi connectivity index (χ0n) is 8.23. The summed E-state index contributed by atoms with van der Waals surface area (Å²) in [6.07, 6.45) is 1.24. The molecule has 1 aromatic rings. The Morgan fingerprint density at radius 2 is 1.88 bits per heavy atom. The summed E-state index contributed by atoms with van der Waals surface area (Å²) in [4.78, 5) is 13.2. The highest BCUT2D eigenvalue weighted by Gasteiger charge is 2.29. The molecule has 0 bridgehead atoms. The molecule has 1 unspecified atom stereocenters. The molecule has 0 aliphatic rings. The van der Waals surface area contributed by atoms with Gasteiger partial charge in [-0.25, -0.2) is 4.79 Å². The van der Waals surface area contributed by atoms with Gasteiger partial charge in [-0.1, -0.05) is 12.1 Å². The van der Waals surface area contributed by atoms with Crippen LogP contribution in [-0.4, -0.2) is 11.6 Å². The third-order valence-corrected chi connectivity index (χ3v) is 2.47. The number of nitriles is 1. The number of carbonyl (C=O) groups excluding carboxylic acids is 1. The number of benzene rings is 1. The van der Waals surface area contributed by atoms with Crippen LogP contribution in [0.25, 0.3) is 0 Å². The van der Waals surface area contributed by atoms with E-state index in [4.69, 9.17) is 5.26 Å². The lowest BCUT2D eigenvalue weighted by Crippen LogP contribution is -1.99. The number of rotatable bonds is 3. The van der Waals surface area contributed by atoms with E-state index in [0.717, 1.165) is 0 Å². The molecule has 0 aliphatic carbocycles. The number of halogens is 3. The van der Waals surface area contributed by atoms with Crippen LogP contribution < -0.4 is 0 Å². The molecule has 0 fully saturated rings. The molecular formula is C10H5F3N2OS. The highest BCUT2D eigenvalue weighted by Crippen LogP contribution is 2.37. The molecule has 88 valence electrons. The topological polar surface area (TPSA) is 53.2 Å². The number of thioether (sulfide) groups is 1. The number of isocyanates is 1. The van der Waals surface area contributed by atoms with Gasteiger partial charge in [0.1, 0.15) is 0 Å². The van der Waals surface area contributed by atoms with Crippen LogP contribution in [0.5, 0.6) is 0 Å². The van der Waals surface area contributed by atoms with Gasteiger partial charge >= 0.3 is 5.51 Å². The van der Waals surface area contributed by atoms with Gasteiger partial charge in [0.25, 0.3) is 0 Å². The van der Waals surface area contributed by atoms with Crippen molar-refractivity contribution in [3.8, 4) is 6.07 Å². The largest absolute Gasteiger partial charge is 0.446 e. The van der Waals surface area contributed by atoms with Crippen molar-refractivity contribution in [3.05, 3.63) is 29.8 Å². The summed E-state index contributed by atoms with van der Waals surface area (Å²) in [5.41, 5.74) is -4.00. The fourth-order valence-corrected chi connectivity index (χ4v) is 1.62. The molecule has 1 rings (SSSR count). The van der Waals surface area contributed by atoms with E-state index in [2.05, 4.69) is 4.99 Å². The Kier molecular flexibility index (Phi) is 4.32. The van der Waals surface area contributed by atoms with Gasteiger partial charge in [-0.3, -0.25) is 0 Å². The predicted octanol–water partition coefficient (Wildman–Crippen LogP) is 3.20. The average molecular weight is 258 g/mol. The summed E-state index contributed by atoms with van der Waals surface area (Å²) in [7, 11) is 0. The lowest BCUT2D eigenvalue weighted by Gasteiger charge is -2.06. The summed E-state index contributed by atoms with van der Waals surface area (Å²) >= 11 is -0.249. The van der Waals surface area contributed by atoms with E-state index >= 15 is 0 Å². The molecule has 0 spiro atoms. The number of hydrogen-bond donors (Lipinski definition) is 0. The predicted molar refractivity (Wildman–Crippen MR) is 54.8 cm³/mol. The van der Waals surface area contributed by atoms with E-state index in [0.29, 0.717) is 5.56 Å². The normalized spacial score (nSPS) is 12.4. The first-order chi connectivity index (χ1) is 7.96. The molecule has 1 aromatic carbocycles. The van der Waals surface area contributed by atoms with Crippen LogP contribution in [0.1, 0.15) is 11.6 Å². The van der Waals surface area contributed by atoms with Gasteiger partial charge in [-0.2, -0.15) is 23.4 Å². The van der Waals surface area contributed by atoms with Crippen LogP contribution in [0, 0.1) is 11.3 Å². The Bertz CT molecular complexity index is 472. The van der Waals surface area contributed by atoms with Crippen molar-refractivity contribution in [2.45, 2.75) is 16.4 Å². The molecule has 0 saturated heterocycles. The van der Waals surface area contributed by atoms with Gasteiger partial charge in [-0.05, 0) is 29.5 Å². The van der Waals surface area contributed by atoms with E-state index in [9.17, 15) is 18.0 Å². The monoisotopic (exact) mass is 258 g/mol. The van der Waals surface area contributed by atoms with E-state index < -0.39 is 11.6 Å². The van der Waals surface area contributed by atoms with E-state index in [1.807, 2.05) is 0 Å². The minimum atomic E-state index is -4.35. The Labute approximate surface area is 99.0 Å². The van der Waals surface area contributed by atoms with Gasteiger partial charge in [-0.15, -0.1) is 0 Å². The maximum atomic E-state index is 12.0. The van der Waals surface area contributed by atoms with E-state index in [1.54, 1.807) is 6.07 Å².